The fraction of sp³-hybridized carbons (Fsp3) is 0.538. The molecule has 0 saturated heterocycles. The molecule has 1 aromatic rings. The van der Waals surface area contributed by atoms with Crippen molar-refractivity contribution in [3.05, 3.63) is 23.8 Å². The van der Waals surface area contributed by atoms with Gasteiger partial charge in [0, 0.05) is 6.54 Å². The van der Waals surface area contributed by atoms with E-state index in [4.69, 9.17) is 4.74 Å². The Bertz CT molecular complexity index is 495. The predicted octanol–water partition coefficient (Wildman–Crippen LogP) is 2.47. The molecule has 1 rings (SSSR count). The largest absolute Gasteiger partial charge is 0.491 e. The van der Waals surface area contributed by atoms with Crippen molar-refractivity contribution in [3.8, 4) is 5.75 Å². The quantitative estimate of drug-likeness (QED) is 0.864. The van der Waals surface area contributed by atoms with Crippen LogP contribution in [0.2, 0.25) is 0 Å². The molecule has 1 N–H and O–H groups in total. The van der Waals surface area contributed by atoms with E-state index in [1.807, 2.05) is 27.7 Å². The monoisotopic (exact) mass is 271 g/mol. The SMILES string of the molecule is CCCNS(=O)(=O)c1ccc(OC(C)C)c(C)c1. The molecule has 0 spiro atoms. The van der Waals surface area contributed by atoms with E-state index in [1.54, 1.807) is 18.2 Å². The van der Waals surface area contributed by atoms with Crippen LogP contribution in [-0.4, -0.2) is 21.1 Å². The first-order chi connectivity index (χ1) is 8.36. The highest BCUT2D eigenvalue weighted by atomic mass is 32.2. The normalized spacial score (nSPS) is 11.8. The molecule has 0 radical (unpaired) electrons. The molecule has 4 nitrogen and oxygen atoms in total. The topological polar surface area (TPSA) is 55.4 Å². The average molecular weight is 271 g/mol. The maximum Gasteiger partial charge on any atom is 0.240 e. The third-order valence-corrected chi connectivity index (χ3v) is 3.82. The van der Waals surface area contributed by atoms with Crippen molar-refractivity contribution in [3.63, 3.8) is 0 Å². The van der Waals surface area contributed by atoms with E-state index in [1.165, 1.54) is 0 Å². The van der Waals surface area contributed by atoms with Gasteiger partial charge in [0.1, 0.15) is 5.75 Å². The molecule has 0 atom stereocenters. The van der Waals surface area contributed by atoms with Crippen molar-refractivity contribution >= 4 is 10.0 Å². The number of hydrogen-bond donors (Lipinski definition) is 1. The highest BCUT2D eigenvalue weighted by molar-refractivity contribution is 7.89. The summed E-state index contributed by atoms with van der Waals surface area (Å²) in [6.07, 6.45) is 0.844. The Kier molecular flexibility index (Phi) is 5.16. The Morgan fingerprint density at radius 1 is 1.33 bits per heavy atom. The van der Waals surface area contributed by atoms with Gasteiger partial charge in [-0.2, -0.15) is 0 Å². The number of rotatable bonds is 6. The van der Waals surface area contributed by atoms with Crippen LogP contribution in [0.25, 0.3) is 0 Å². The Hall–Kier alpha value is -1.07. The highest BCUT2D eigenvalue weighted by Crippen LogP contribution is 2.22. The summed E-state index contributed by atoms with van der Waals surface area (Å²) in [7, 11) is -3.40. The fourth-order valence-corrected chi connectivity index (χ4v) is 2.71. The Labute approximate surface area is 109 Å². The van der Waals surface area contributed by atoms with Gasteiger partial charge in [-0.1, -0.05) is 6.92 Å². The van der Waals surface area contributed by atoms with Crippen molar-refractivity contribution in [2.45, 2.75) is 45.1 Å². The van der Waals surface area contributed by atoms with Gasteiger partial charge >= 0.3 is 0 Å². The summed E-state index contributed by atoms with van der Waals surface area (Å²) in [5.74, 6) is 0.722. The van der Waals surface area contributed by atoms with Crippen LogP contribution in [0.5, 0.6) is 5.75 Å². The van der Waals surface area contributed by atoms with Gasteiger partial charge in [0.05, 0.1) is 11.0 Å². The summed E-state index contributed by atoms with van der Waals surface area (Å²) in [5, 5.41) is 0. The van der Waals surface area contributed by atoms with Gasteiger partial charge in [-0.05, 0) is 51.0 Å². The van der Waals surface area contributed by atoms with Crippen LogP contribution in [0.4, 0.5) is 0 Å². The van der Waals surface area contributed by atoms with E-state index < -0.39 is 10.0 Å². The molecular formula is C13H21NO3S. The lowest BCUT2D eigenvalue weighted by molar-refractivity contribution is 0.240. The van der Waals surface area contributed by atoms with Gasteiger partial charge in [0.15, 0.2) is 0 Å². The zero-order valence-electron chi connectivity index (χ0n) is 11.4. The van der Waals surface area contributed by atoms with E-state index in [-0.39, 0.29) is 11.0 Å². The van der Waals surface area contributed by atoms with E-state index in [0.717, 1.165) is 17.7 Å². The van der Waals surface area contributed by atoms with Gasteiger partial charge in [-0.25, -0.2) is 13.1 Å². The van der Waals surface area contributed by atoms with Crippen molar-refractivity contribution in [2.24, 2.45) is 0 Å². The standard InChI is InChI=1S/C13H21NO3S/c1-5-8-14-18(15,16)12-6-7-13(11(4)9-12)17-10(2)3/h6-7,9-10,14H,5,8H2,1-4H3. The van der Waals surface area contributed by atoms with Crippen molar-refractivity contribution in [2.75, 3.05) is 6.54 Å². The summed E-state index contributed by atoms with van der Waals surface area (Å²) in [4.78, 5) is 0.282. The molecule has 5 heteroatoms. The maximum absolute atomic E-state index is 11.9. The van der Waals surface area contributed by atoms with E-state index in [2.05, 4.69) is 4.72 Å². The van der Waals surface area contributed by atoms with E-state index >= 15 is 0 Å². The molecule has 0 saturated carbocycles. The number of ether oxygens (including phenoxy) is 1. The summed E-state index contributed by atoms with van der Waals surface area (Å²) < 4.78 is 32.0. The molecule has 0 aliphatic rings. The van der Waals surface area contributed by atoms with Gasteiger partial charge < -0.3 is 4.74 Å². The average Bonchev–Trinajstić information content (AvgIpc) is 2.28. The lowest BCUT2D eigenvalue weighted by Crippen LogP contribution is -2.24. The first kappa shape index (κ1) is 15.0. The second-order valence-corrected chi connectivity index (χ2v) is 6.26. The number of nitrogens with one attached hydrogen (secondary N) is 1. The molecular weight excluding hydrogens is 250 g/mol. The smallest absolute Gasteiger partial charge is 0.240 e. The Morgan fingerprint density at radius 3 is 2.50 bits per heavy atom. The van der Waals surface area contributed by atoms with Crippen molar-refractivity contribution < 1.29 is 13.2 Å². The summed E-state index contributed by atoms with van der Waals surface area (Å²) in [6, 6.07) is 4.91. The molecule has 18 heavy (non-hydrogen) atoms. The molecule has 1 aromatic carbocycles. The lowest BCUT2D eigenvalue weighted by atomic mass is 10.2. The molecule has 0 heterocycles. The van der Waals surface area contributed by atoms with Gasteiger partial charge in [-0.3, -0.25) is 0 Å². The Morgan fingerprint density at radius 2 is 2.00 bits per heavy atom. The molecule has 0 aliphatic heterocycles. The molecule has 0 aromatic heterocycles. The summed E-state index contributed by atoms with van der Waals surface area (Å²) in [6.45, 7) is 8.09. The molecule has 102 valence electrons. The van der Waals surface area contributed by atoms with Crippen LogP contribution in [0, 0.1) is 6.92 Å². The van der Waals surface area contributed by atoms with Crippen LogP contribution in [0.1, 0.15) is 32.8 Å². The molecule has 0 unspecified atom stereocenters. The molecule has 0 bridgehead atoms. The van der Waals surface area contributed by atoms with Crippen LogP contribution in [0.3, 0.4) is 0 Å². The zero-order valence-corrected chi connectivity index (χ0v) is 12.2. The van der Waals surface area contributed by atoms with Gasteiger partial charge in [0.25, 0.3) is 0 Å². The molecule has 0 fully saturated rings. The molecule has 0 amide bonds. The number of sulfonamides is 1. The Balaban J connectivity index is 2.97. The van der Waals surface area contributed by atoms with Crippen LogP contribution in [-0.2, 0) is 10.0 Å². The number of benzene rings is 1. The minimum Gasteiger partial charge on any atom is -0.491 e. The van der Waals surface area contributed by atoms with E-state index in [0.29, 0.717) is 6.54 Å². The minimum atomic E-state index is -3.40. The summed E-state index contributed by atoms with van der Waals surface area (Å²) >= 11 is 0. The van der Waals surface area contributed by atoms with E-state index in [9.17, 15) is 8.42 Å². The van der Waals surface area contributed by atoms with Crippen molar-refractivity contribution in [1.29, 1.82) is 0 Å². The zero-order chi connectivity index (χ0) is 13.8. The second-order valence-electron chi connectivity index (χ2n) is 4.49. The third kappa shape index (κ3) is 3.99. The van der Waals surface area contributed by atoms with Gasteiger partial charge in [-0.15, -0.1) is 0 Å². The third-order valence-electron chi connectivity index (χ3n) is 2.36. The predicted molar refractivity (Wildman–Crippen MR) is 72.4 cm³/mol. The molecule has 0 aliphatic carbocycles. The highest BCUT2D eigenvalue weighted by Gasteiger charge is 2.14. The maximum atomic E-state index is 11.9. The van der Waals surface area contributed by atoms with Crippen LogP contribution >= 0.6 is 0 Å². The number of hydrogen-bond acceptors (Lipinski definition) is 3. The lowest BCUT2D eigenvalue weighted by Gasteiger charge is -2.13. The first-order valence-electron chi connectivity index (χ1n) is 6.13. The summed E-state index contributed by atoms with van der Waals surface area (Å²) in [5.41, 5.74) is 0.822. The first-order valence-corrected chi connectivity index (χ1v) is 7.62. The minimum absolute atomic E-state index is 0.0735. The van der Waals surface area contributed by atoms with Crippen molar-refractivity contribution in [1.82, 2.24) is 4.72 Å². The second kappa shape index (κ2) is 6.20. The number of aryl methyl sites for hydroxylation is 1. The fourth-order valence-electron chi connectivity index (χ4n) is 1.49. The van der Waals surface area contributed by atoms with Crippen LogP contribution < -0.4 is 9.46 Å². The van der Waals surface area contributed by atoms with Gasteiger partial charge in [0.2, 0.25) is 10.0 Å². The van der Waals surface area contributed by atoms with Crippen LogP contribution in [0.15, 0.2) is 23.1 Å².